The Morgan fingerprint density at radius 3 is 3.07 bits per heavy atom. The molecule has 0 radical (unpaired) electrons. The van der Waals surface area contributed by atoms with Gasteiger partial charge in [0.15, 0.2) is 0 Å². The largest absolute Gasteiger partial charge is 0.463 e. The van der Waals surface area contributed by atoms with Gasteiger partial charge >= 0.3 is 5.97 Å². The highest BCUT2D eigenvalue weighted by Gasteiger charge is 2.45. The molecule has 0 aromatic carbocycles. The summed E-state index contributed by atoms with van der Waals surface area (Å²) < 4.78 is 10.3. The van der Waals surface area contributed by atoms with Gasteiger partial charge in [0, 0.05) is 0 Å². The van der Waals surface area contributed by atoms with Crippen molar-refractivity contribution in [2.75, 3.05) is 19.8 Å². The molecular weight excluding hydrogens is 202 g/mol. The topological polar surface area (TPSA) is 76.1 Å². The van der Waals surface area contributed by atoms with Crippen molar-refractivity contribution in [1.29, 1.82) is 0 Å². The number of β-lactam (4-membered cyclic amide) rings is 1. The molecule has 1 N–H and O–H groups in total. The van der Waals surface area contributed by atoms with Crippen LogP contribution in [0.15, 0.2) is 0 Å². The fourth-order valence-electron chi connectivity index (χ4n) is 1.69. The molecule has 84 valence electrons. The Morgan fingerprint density at radius 2 is 2.47 bits per heavy atom. The quantitative estimate of drug-likeness (QED) is 0.474. The number of esters is 1. The van der Waals surface area contributed by atoms with E-state index in [9.17, 15) is 9.59 Å². The smallest absolute Gasteiger partial charge is 0.308 e. The number of aliphatic hydroxyl groups excluding tert-OH is 1. The van der Waals surface area contributed by atoms with Gasteiger partial charge in [-0.25, -0.2) is 0 Å². The number of amides is 1. The van der Waals surface area contributed by atoms with Crippen LogP contribution in [-0.4, -0.2) is 54.0 Å². The molecule has 0 aromatic rings. The number of hydrogen-bond acceptors (Lipinski definition) is 5. The molecule has 6 nitrogen and oxygen atoms in total. The lowest BCUT2D eigenvalue weighted by Gasteiger charge is -2.31. The zero-order valence-electron chi connectivity index (χ0n) is 8.22. The minimum atomic E-state index is -0.443. The number of aliphatic hydroxyl groups is 1. The molecule has 2 fully saturated rings. The Labute approximate surface area is 86.8 Å². The van der Waals surface area contributed by atoms with Gasteiger partial charge in [0.05, 0.1) is 26.0 Å². The van der Waals surface area contributed by atoms with E-state index in [4.69, 9.17) is 14.6 Å². The van der Waals surface area contributed by atoms with Crippen LogP contribution >= 0.6 is 0 Å². The van der Waals surface area contributed by atoms with Gasteiger partial charge in [-0.05, 0) is 0 Å². The molecule has 2 rings (SSSR count). The molecule has 0 aliphatic carbocycles. The number of nitrogens with zero attached hydrogens (tertiary/aromatic N) is 1. The zero-order valence-corrected chi connectivity index (χ0v) is 8.22. The number of ether oxygens (including phenoxy) is 2. The highest BCUT2D eigenvalue weighted by Crippen LogP contribution is 2.28. The first-order valence-electron chi connectivity index (χ1n) is 4.92. The Balaban J connectivity index is 1.69. The maximum absolute atomic E-state index is 11.0. The minimum Gasteiger partial charge on any atom is -0.463 e. The van der Waals surface area contributed by atoms with Crippen LogP contribution in [0.25, 0.3) is 0 Å². The summed E-state index contributed by atoms with van der Waals surface area (Å²) in [6.07, 6.45) is 0.100. The third kappa shape index (κ3) is 2.10. The van der Waals surface area contributed by atoms with Gasteiger partial charge in [-0.1, -0.05) is 0 Å². The Hall–Kier alpha value is -1.14. The van der Waals surface area contributed by atoms with Crippen molar-refractivity contribution in [1.82, 2.24) is 4.90 Å². The number of fused-ring (bicyclic) bond motifs is 1. The lowest BCUT2D eigenvalue weighted by atomic mass is 10.2. The van der Waals surface area contributed by atoms with Crippen molar-refractivity contribution >= 4 is 11.9 Å². The Morgan fingerprint density at radius 1 is 1.67 bits per heavy atom. The normalized spacial score (nSPS) is 28.6. The van der Waals surface area contributed by atoms with E-state index in [0.29, 0.717) is 13.0 Å². The molecule has 2 aliphatic heterocycles. The van der Waals surface area contributed by atoms with Crippen LogP contribution in [0.2, 0.25) is 0 Å². The van der Waals surface area contributed by atoms with Gasteiger partial charge in [0.2, 0.25) is 5.91 Å². The van der Waals surface area contributed by atoms with E-state index in [-0.39, 0.29) is 37.9 Å². The highest BCUT2D eigenvalue weighted by atomic mass is 16.6. The summed E-state index contributed by atoms with van der Waals surface area (Å²) >= 11 is 0. The summed E-state index contributed by atoms with van der Waals surface area (Å²) in [5.74, 6) is -0.356. The average Bonchev–Trinajstić information content (AvgIpc) is 2.53. The lowest BCUT2D eigenvalue weighted by Crippen LogP contribution is -2.48. The first-order chi connectivity index (χ1) is 7.20. The number of carbonyl (C=O) groups excluding carboxylic acids is 2. The van der Waals surface area contributed by atoms with Crippen LogP contribution in [-0.2, 0) is 19.1 Å². The molecule has 0 spiro atoms. The average molecular weight is 215 g/mol. The first-order valence-corrected chi connectivity index (χ1v) is 4.92. The van der Waals surface area contributed by atoms with E-state index in [1.165, 1.54) is 0 Å². The zero-order chi connectivity index (χ0) is 10.8. The maximum Gasteiger partial charge on any atom is 0.308 e. The van der Waals surface area contributed by atoms with Crippen LogP contribution in [0.5, 0.6) is 0 Å². The van der Waals surface area contributed by atoms with Crippen LogP contribution < -0.4 is 0 Å². The second kappa shape index (κ2) is 4.16. The van der Waals surface area contributed by atoms with E-state index >= 15 is 0 Å². The van der Waals surface area contributed by atoms with Crippen LogP contribution in [0.1, 0.15) is 12.8 Å². The van der Waals surface area contributed by atoms with Gasteiger partial charge in [0.25, 0.3) is 0 Å². The predicted octanol–water partition coefficient (Wildman–Crippen LogP) is -1.13. The fourth-order valence-corrected chi connectivity index (χ4v) is 1.69. The molecule has 0 aromatic heterocycles. The molecule has 6 heteroatoms. The summed E-state index contributed by atoms with van der Waals surface area (Å²) in [6.45, 7) is 0.437. The summed E-state index contributed by atoms with van der Waals surface area (Å²) in [5.41, 5.74) is 0. The molecule has 2 heterocycles. The number of rotatable bonds is 4. The minimum absolute atomic E-state index is 0.00120. The molecule has 0 saturated carbocycles. The molecule has 1 amide bonds. The van der Waals surface area contributed by atoms with Gasteiger partial charge in [-0.15, -0.1) is 0 Å². The van der Waals surface area contributed by atoms with Gasteiger partial charge < -0.3 is 19.5 Å². The van der Waals surface area contributed by atoms with E-state index in [1.807, 2.05) is 0 Å². The maximum atomic E-state index is 11.0. The summed E-state index contributed by atoms with van der Waals surface area (Å²) in [7, 11) is 0. The van der Waals surface area contributed by atoms with E-state index in [1.54, 1.807) is 4.90 Å². The van der Waals surface area contributed by atoms with Crippen LogP contribution in [0, 0.1) is 0 Å². The second-order valence-corrected chi connectivity index (χ2v) is 3.62. The van der Waals surface area contributed by atoms with E-state index in [0.717, 1.165) is 0 Å². The summed E-state index contributed by atoms with van der Waals surface area (Å²) in [6, 6.07) is 0. The van der Waals surface area contributed by atoms with Gasteiger partial charge in [-0.3, -0.25) is 9.59 Å². The summed E-state index contributed by atoms with van der Waals surface area (Å²) in [4.78, 5) is 23.6. The Bertz CT molecular complexity index is 280. The van der Waals surface area contributed by atoms with Gasteiger partial charge in [-0.2, -0.15) is 0 Å². The van der Waals surface area contributed by atoms with Gasteiger partial charge in [0.1, 0.15) is 18.9 Å². The monoisotopic (exact) mass is 215 g/mol. The molecular formula is C9H13NO5. The standard InChI is InChI=1S/C9H13NO5/c11-2-1-9(13)14-5-6-4-10-7(12)3-8(10)15-6/h6,8,11H,1-5H2. The first kappa shape index (κ1) is 10.4. The van der Waals surface area contributed by atoms with Crippen LogP contribution in [0.3, 0.4) is 0 Å². The lowest BCUT2D eigenvalue weighted by molar-refractivity contribution is -0.159. The molecule has 2 aliphatic rings. The van der Waals surface area contributed by atoms with Crippen LogP contribution in [0.4, 0.5) is 0 Å². The van der Waals surface area contributed by atoms with Crippen molar-refractivity contribution in [2.24, 2.45) is 0 Å². The van der Waals surface area contributed by atoms with Crippen molar-refractivity contribution < 1.29 is 24.2 Å². The number of carbonyl (C=O) groups is 2. The third-order valence-corrected chi connectivity index (χ3v) is 2.51. The number of hydrogen-bond donors (Lipinski definition) is 1. The SMILES string of the molecule is O=C(CCO)OCC1CN2C(=O)CC2O1. The van der Waals surface area contributed by atoms with Crippen molar-refractivity contribution in [2.45, 2.75) is 25.2 Å². The van der Waals surface area contributed by atoms with Crippen molar-refractivity contribution in [3.05, 3.63) is 0 Å². The van der Waals surface area contributed by atoms with Crippen molar-refractivity contribution in [3.8, 4) is 0 Å². The summed E-state index contributed by atoms with van der Waals surface area (Å²) in [5, 5.41) is 8.47. The molecule has 2 atom stereocenters. The Kier molecular flexibility index (Phi) is 2.88. The molecule has 15 heavy (non-hydrogen) atoms. The van der Waals surface area contributed by atoms with E-state index < -0.39 is 5.97 Å². The molecule has 0 bridgehead atoms. The highest BCUT2D eigenvalue weighted by molar-refractivity contribution is 5.83. The molecule has 2 saturated heterocycles. The second-order valence-electron chi connectivity index (χ2n) is 3.62. The van der Waals surface area contributed by atoms with E-state index in [2.05, 4.69) is 0 Å². The predicted molar refractivity (Wildman–Crippen MR) is 47.7 cm³/mol. The fraction of sp³-hybridized carbons (Fsp3) is 0.778. The van der Waals surface area contributed by atoms with Crippen molar-refractivity contribution in [3.63, 3.8) is 0 Å². The third-order valence-electron chi connectivity index (χ3n) is 2.51. The molecule has 2 unspecified atom stereocenters.